The summed E-state index contributed by atoms with van der Waals surface area (Å²) in [5, 5.41) is 14.7. The SMILES string of the molecule is CCNC(=NCCCOC1CCCCC1)NCCn1cnnc1CC.I. The summed E-state index contributed by atoms with van der Waals surface area (Å²) < 4.78 is 8.03. The molecule has 0 amide bonds. The van der Waals surface area contributed by atoms with Gasteiger partial charge in [0.1, 0.15) is 12.2 Å². The van der Waals surface area contributed by atoms with Crippen LogP contribution in [0.15, 0.2) is 11.3 Å². The molecule has 1 aliphatic rings. The minimum Gasteiger partial charge on any atom is -0.378 e. The Balaban J connectivity index is 0.00000338. The quantitative estimate of drug-likeness (QED) is 0.234. The van der Waals surface area contributed by atoms with Gasteiger partial charge in [-0.05, 0) is 26.2 Å². The molecule has 1 aromatic rings. The zero-order valence-electron chi connectivity index (χ0n) is 16.2. The molecular formula is C18H35IN6O. The summed E-state index contributed by atoms with van der Waals surface area (Å²) >= 11 is 0. The largest absolute Gasteiger partial charge is 0.378 e. The summed E-state index contributed by atoms with van der Waals surface area (Å²) in [5.74, 6) is 1.88. The maximum Gasteiger partial charge on any atom is 0.191 e. The van der Waals surface area contributed by atoms with E-state index >= 15 is 0 Å². The van der Waals surface area contributed by atoms with Crippen LogP contribution >= 0.6 is 24.0 Å². The molecule has 1 aliphatic carbocycles. The molecular weight excluding hydrogens is 443 g/mol. The zero-order chi connectivity index (χ0) is 17.7. The molecule has 0 aliphatic heterocycles. The van der Waals surface area contributed by atoms with Crippen molar-refractivity contribution < 1.29 is 4.74 Å². The third kappa shape index (κ3) is 8.66. The van der Waals surface area contributed by atoms with Crippen molar-refractivity contribution in [2.45, 2.75) is 71.4 Å². The lowest BCUT2D eigenvalue weighted by Gasteiger charge is -2.21. The van der Waals surface area contributed by atoms with Crippen LogP contribution in [0.4, 0.5) is 0 Å². The van der Waals surface area contributed by atoms with Gasteiger partial charge in [0.15, 0.2) is 5.96 Å². The van der Waals surface area contributed by atoms with E-state index < -0.39 is 0 Å². The number of guanidine groups is 1. The molecule has 0 spiro atoms. The van der Waals surface area contributed by atoms with Crippen molar-refractivity contribution in [3.05, 3.63) is 12.2 Å². The fourth-order valence-electron chi connectivity index (χ4n) is 3.11. The molecule has 1 aromatic heterocycles. The number of nitrogens with zero attached hydrogens (tertiary/aromatic N) is 4. The van der Waals surface area contributed by atoms with Gasteiger partial charge in [-0.25, -0.2) is 0 Å². The Morgan fingerprint density at radius 3 is 2.81 bits per heavy atom. The van der Waals surface area contributed by atoms with E-state index in [2.05, 4.69) is 44.2 Å². The molecule has 150 valence electrons. The van der Waals surface area contributed by atoms with Crippen molar-refractivity contribution in [1.82, 2.24) is 25.4 Å². The average Bonchev–Trinajstić information content (AvgIpc) is 3.10. The molecule has 0 bridgehead atoms. The number of halogens is 1. The van der Waals surface area contributed by atoms with Crippen molar-refractivity contribution in [3.8, 4) is 0 Å². The molecule has 0 atom stereocenters. The Hall–Kier alpha value is -0.900. The van der Waals surface area contributed by atoms with Crippen LogP contribution < -0.4 is 10.6 Å². The van der Waals surface area contributed by atoms with E-state index in [1.165, 1.54) is 32.1 Å². The Bertz CT molecular complexity index is 502. The summed E-state index contributed by atoms with van der Waals surface area (Å²) in [6, 6.07) is 0. The lowest BCUT2D eigenvalue weighted by Crippen LogP contribution is -2.39. The van der Waals surface area contributed by atoms with Gasteiger partial charge < -0.3 is 19.9 Å². The van der Waals surface area contributed by atoms with Gasteiger partial charge >= 0.3 is 0 Å². The first kappa shape index (κ1) is 23.1. The Labute approximate surface area is 174 Å². The second kappa shape index (κ2) is 14.2. The van der Waals surface area contributed by atoms with Gasteiger partial charge in [-0.1, -0.05) is 26.2 Å². The van der Waals surface area contributed by atoms with Gasteiger partial charge in [-0.15, -0.1) is 34.2 Å². The molecule has 1 fully saturated rings. The third-order valence-electron chi connectivity index (χ3n) is 4.48. The van der Waals surface area contributed by atoms with Gasteiger partial charge in [0.05, 0.1) is 6.10 Å². The summed E-state index contributed by atoms with van der Waals surface area (Å²) in [5.41, 5.74) is 0. The second-order valence-corrected chi connectivity index (χ2v) is 6.47. The van der Waals surface area contributed by atoms with Crippen LogP contribution in [-0.4, -0.2) is 53.1 Å². The Morgan fingerprint density at radius 2 is 2.08 bits per heavy atom. The van der Waals surface area contributed by atoms with E-state index in [9.17, 15) is 0 Å². The monoisotopic (exact) mass is 478 g/mol. The number of aryl methyl sites for hydroxylation is 1. The predicted octanol–water partition coefficient (Wildman–Crippen LogP) is 2.75. The zero-order valence-corrected chi connectivity index (χ0v) is 18.6. The minimum absolute atomic E-state index is 0. The van der Waals surface area contributed by atoms with Crippen molar-refractivity contribution in [2.24, 2.45) is 4.99 Å². The highest BCUT2D eigenvalue weighted by Gasteiger charge is 2.12. The van der Waals surface area contributed by atoms with Crippen molar-refractivity contribution in [3.63, 3.8) is 0 Å². The summed E-state index contributed by atoms with van der Waals surface area (Å²) in [6.07, 6.45) is 10.6. The third-order valence-corrected chi connectivity index (χ3v) is 4.48. The smallest absolute Gasteiger partial charge is 0.191 e. The molecule has 0 aromatic carbocycles. The minimum atomic E-state index is 0. The number of aliphatic imine (C=N–C) groups is 1. The van der Waals surface area contributed by atoms with Crippen LogP contribution in [0.2, 0.25) is 0 Å². The van der Waals surface area contributed by atoms with Crippen molar-refractivity contribution in [1.29, 1.82) is 0 Å². The number of ether oxygens (including phenoxy) is 1. The van der Waals surface area contributed by atoms with Gasteiger partial charge in [-0.3, -0.25) is 4.99 Å². The van der Waals surface area contributed by atoms with Crippen molar-refractivity contribution >= 4 is 29.9 Å². The van der Waals surface area contributed by atoms with Crippen LogP contribution in [0, 0.1) is 0 Å². The number of hydrogen-bond acceptors (Lipinski definition) is 4. The van der Waals surface area contributed by atoms with E-state index in [0.717, 1.165) is 57.4 Å². The highest BCUT2D eigenvalue weighted by Crippen LogP contribution is 2.20. The predicted molar refractivity (Wildman–Crippen MR) is 116 cm³/mol. The number of aromatic nitrogens is 3. The first-order chi connectivity index (χ1) is 12.3. The summed E-state index contributed by atoms with van der Waals surface area (Å²) in [4.78, 5) is 4.63. The lowest BCUT2D eigenvalue weighted by molar-refractivity contribution is 0.0281. The van der Waals surface area contributed by atoms with Crippen LogP contribution in [0.3, 0.4) is 0 Å². The Kier molecular flexibility index (Phi) is 12.6. The molecule has 1 saturated carbocycles. The first-order valence-corrected chi connectivity index (χ1v) is 9.84. The molecule has 26 heavy (non-hydrogen) atoms. The molecule has 2 N–H and O–H groups in total. The molecule has 0 unspecified atom stereocenters. The maximum absolute atomic E-state index is 5.95. The molecule has 7 nitrogen and oxygen atoms in total. The van der Waals surface area contributed by atoms with Crippen LogP contribution in [0.25, 0.3) is 0 Å². The highest BCUT2D eigenvalue weighted by molar-refractivity contribution is 14.0. The van der Waals surface area contributed by atoms with Crippen LogP contribution in [0.1, 0.15) is 58.2 Å². The van der Waals surface area contributed by atoms with Gasteiger partial charge in [0.2, 0.25) is 0 Å². The number of nitrogens with one attached hydrogen (secondary N) is 2. The number of rotatable bonds is 10. The summed E-state index contributed by atoms with van der Waals surface area (Å²) in [6.45, 7) is 8.27. The van der Waals surface area contributed by atoms with Gasteiger partial charge in [-0.2, -0.15) is 0 Å². The van der Waals surface area contributed by atoms with E-state index in [4.69, 9.17) is 4.74 Å². The second-order valence-electron chi connectivity index (χ2n) is 6.47. The fraction of sp³-hybridized carbons (Fsp3) is 0.833. The topological polar surface area (TPSA) is 76.4 Å². The van der Waals surface area contributed by atoms with E-state index in [0.29, 0.717) is 6.10 Å². The normalized spacial score (nSPS) is 15.5. The molecule has 0 saturated heterocycles. The van der Waals surface area contributed by atoms with Crippen molar-refractivity contribution in [2.75, 3.05) is 26.2 Å². The highest BCUT2D eigenvalue weighted by atomic mass is 127. The average molecular weight is 478 g/mol. The fourth-order valence-corrected chi connectivity index (χ4v) is 3.11. The maximum atomic E-state index is 5.95. The van der Waals surface area contributed by atoms with Crippen LogP contribution in [-0.2, 0) is 17.7 Å². The molecule has 2 rings (SSSR count). The van der Waals surface area contributed by atoms with E-state index in [-0.39, 0.29) is 24.0 Å². The Morgan fingerprint density at radius 1 is 1.27 bits per heavy atom. The first-order valence-electron chi connectivity index (χ1n) is 9.84. The van der Waals surface area contributed by atoms with Gasteiger partial charge in [0, 0.05) is 39.2 Å². The van der Waals surface area contributed by atoms with E-state index in [1.807, 2.05) is 0 Å². The molecule has 0 radical (unpaired) electrons. The molecule has 8 heteroatoms. The van der Waals surface area contributed by atoms with Crippen LogP contribution in [0.5, 0.6) is 0 Å². The van der Waals surface area contributed by atoms with E-state index in [1.54, 1.807) is 6.33 Å². The summed E-state index contributed by atoms with van der Waals surface area (Å²) in [7, 11) is 0. The lowest BCUT2D eigenvalue weighted by atomic mass is 9.98. The standard InChI is InChI=1S/C18H34N6O.HI/c1-3-17-23-22-15-24(17)13-12-21-18(19-4-2)20-11-8-14-25-16-9-6-5-7-10-16;/h15-16H,3-14H2,1-2H3,(H2,19,20,21);1H. The molecule has 1 heterocycles. The number of hydrogen-bond donors (Lipinski definition) is 2. The van der Waals surface area contributed by atoms with Gasteiger partial charge in [0.25, 0.3) is 0 Å².